The molecule has 4 rings (SSSR count). The van der Waals surface area contributed by atoms with Crippen molar-refractivity contribution in [1.82, 2.24) is 9.21 Å². The van der Waals surface area contributed by atoms with Crippen molar-refractivity contribution in [2.45, 2.75) is 11.3 Å². The molecule has 2 aromatic carbocycles. The van der Waals surface area contributed by atoms with Gasteiger partial charge in [0.05, 0.1) is 0 Å². The van der Waals surface area contributed by atoms with Gasteiger partial charge in [0.2, 0.25) is 15.9 Å². The van der Waals surface area contributed by atoms with Gasteiger partial charge in [0.1, 0.15) is 23.9 Å². The zero-order chi connectivity index (χ0) is 21.8. The van der Waals surface area contributed by atoms with Crippen LogP contribution in [-0.2, 0) is 14.8 Å². The molecule has 1 fully saturated rings. The van der Waals surface area contributed by atoms with E-state index in [2.05, 4.69) is 5.32 Å². The third-order valence-corrected chi connectivity index (χ3v) is 7.20. The lowest BCUT2D eigenvalue weighted by Gasteiger charge is -2.33. The van der Waals surface area contributed by atoms with Gasteiger partial charge in [0.15, 0.2) is 11.5 Å². The van der Waals surface area contributed by atoms with Gasteiger partial charge in [0, 0.05) is 50.9 Å². The van der Waals surface area contributed by atoms with Crippen molar-refractivity contribution in [3.8, 4) is 11.5 Å². The number of fused-ring (bicyclic) bond motifs is 1. The van der Waals surface area contributed by atoms with Crippen LogP contribution in [-0.4, -0.2) is 69.5 Å². The number of anilines is 1. The van der Waals surface area contributed by atoms with Gasteiger partial charge in [-0.15, -0.1) is 0 Å². The molecule has 2 aromatic rings. The summed E-state index contributed by atoms with van der Waals surface area (Å²) in [5.41, 5.74) is 0.634. The minimum absolute atomic E-state index is 0.141. The van der Waals surface area contributed by atoms with Crippen LogP contribution in [0.2, 0.25) is 0 Å². The summed E-state index contributed by atoms with van der Waals surface area (Å²) >= 11 is 0. The standard InChI is InChI=1S/C21H24FN3O5S/c22-17-3-1-2-4-20(17)31(27,28)25-11-9-24(10-12-25)8-7-21(26)23-16-5-6-18-19(15-16)30-14-13-29-18/h1-6,15H,7-14H2,(H,23,26). The van der Waals surface area contributed by atoms with E-state index >= 15 is 0 Å². The first-order valence-corrected chi connectivity index (χ1v) is 11.5. The van der Waals surface area contributed by atoms with Crippen LogP contribution in [0.1, 0.15) is 6.42 Å². The number of carbonyl (C=O) groups is 1. The van der Waals surface area contributed by atoms with Gasteiger partial charge in [-0.05, 0) is 24.3 Å². The minimum atomic E-state index is -3.87. The highest BCUT2D eigenvalue weighted by atomic mass is 32.2. The summed E-state index contributed by atoms with van der Waals surface area (Å²) in [4.78, 5) is 14.0. The van der Waals surface area contributed by atoms with Crippen LogP contribution >= 0.6 is 0 Å². The monoisotopic (exact) mass is 449 g/mol. The predicted molar refractivity (Wildman–Crippen MR) is 112 cm³/mol. The molecule has 166 valence electrons. The fraction of sp³-hybridized carbons (Fsp3) is 0.381. The molecule has 0 saturated carbocycles. The molecule has 0 atom stereocenters. The van der Waals surface area contributed by atoms with Crippen molar-refractivity contribution in [1.29, 1.82) is 0 Å². The average Bonchev–Trinajstić information content (AvgIpc) is 2.78. The number of hydrogen-bond donors (Lipinski definition) is 1. The molecule has 1 N–H and O–H groups in total. The van der Waals surface area contributed by atoms with E-state index in [1.165, 1.54) is 22.5 Å². The molecule has 1 amide bonds. The molecule has 0 spiro atoms. The van der Waals surface area contributed by atoms with E-state index in [1.54, 1.807) is 18.2 Å². The van der Waals surface area contributed by atoms with Crippen molar-refractivity contribution in [3.63, 3.8) is 0 Å². The smallest absolute Gasteiger partial charge is 0.246 e. The number of hydrogen-bond acceptors (Lipinski definition) is 6. The van der Waals surface area contributed by atoms with E-state index < -0.39 is 15.8 Å². The number of halogens is 1. The summed E-state index contributed by atoms with van der Waals surface area (Å²) in [5.74, 6) is 0.377. The van der Waals surface area contributed by atoms with Gasteiger partial charge in [-0.25, -0.2) is 12.8 Å². The Morgan fingerprint density at radius 2 is 1.71 bits per heavy atom. The summed E-state index contributed by atoms with van der Waals surface area (Å²) in [6.07, 6.45) is 0.272. The highest BCUT2D eigenvalue weighted by Gasteiger charge is 2.30. The van der Waals surface area contributed by atoms with Crippen LogP contribution < -0.4 is 14.8 Å². The fourth-order valence-corrected chi connectivity index (χ4v) is 5.08. The lowest BCUT2D eigenvalue weighted by Crippen LogP contribution is -2.49. The summed E-state index contributed by atoms with van der Waals surface area (Å²) in [6.45, 7) is 2.94. The Morgan fingerprint density at radius 1 is 1.00 bits per heavy atom. The highest BCUT2D eigenvalue weighted by Crippen LogP contribution is 2.32. The second-order valence-electron chi connectivity index (χ2n) is 7.33. The molecule has 31 heavy (non-hydrogen) atoms. The Balaban J connectivity index is 1.26. The zero-order valence-corrected chi connectivity index (χ0v) is 17.7. The van der Waals surface area contributed by atoms with E-state index in [9.17, 15) is 17.6 Å². The van der Waals surface area contributed by atoms with Gasteiger partial charge >= 0.3 is 0 Å². The van der Waals surface area contributed by atoms with Crippen molar-refractivity contribution < 1.29 is 27.1 Å². The Hall–Kier alpha value is -2.69. The van der Waals surface area contributed by atoms with Crippen LogP contribution in [0.25, 0.3) is 0 Å². The zero-order valence-electron chi connectivity index (χ0n) is 16.9. The van der Waals surface area contributed by atoms with Crippen molar-refractivity contribution in [3.05, 3.63) is 48.3 Å². The van der Waals surface area contributed by atoms with E-state index in [0.717, 1.165) is 6.07 Å². The van der Waals surface area contributed by atoms with Crippen molar-refractivity contribution in [2.24, 2.45) is 0 Å². The number of rotatable bonds is 6. The maximum Gasteiger partial charge on any atom is 0.246 e. The first-order valence-electron chi connectivity index (χ1n) is 10.1. The molecule has 2 aliphatic heterocycles. The van der Waals surface area contributed by atoms with Crippen LogP contribution in [0, 0.1) is 5.82 Å². The summed E-state index contributed by atoms with van der Waals surface area (Å²) < 4.78 is 51.5. The predicted octanol–water partition coefficient (Wildman–Crippen LogP) is 1.93. The Bertz CT molecular complexity index is 1050. The van der Waals surface area contributed by atoms with Gasteiger partial charge in [-0.3, -0.25) is 4.79 Å². The molecule has 0 radical (unpaired) electrons. The van der Waals surface area contributed by atoms with E-state index in [4.69, 9.17) is 9.47 Å². The van der Waals surface area contributed by atoms with Gasteiger partial charge in [0.25, 0.3) is 0 Å². The lowest BCUT2D eigenvalue weighted by atomic mass is 10.2. The second kappa shape index (κ2) is 9.21. The molecule has 2 heterocycles. The Labute approximate surface area is 180 Å². The molecule has 0 aromatic heterocycles. The third-order valence-electron chi connectivity index (χ3n) is 5.27. The average molecular weight is 450 g/mol. The molecule has 0 aliphatic carbocycles. The van der Waals surface area contributed by atoms with E-state index in [1.807, 2.05) is 4.90 Å². The van der Waals surface area contributed by atoms with Crippen LogP contribution in [0.4, 0.5) is 10.1 Å². The minimum Gasteiger partial charge on any atom is -0.486 e. The molecule has 0 unspecified atom stereocenters. The molecule has 10 heteroatoms. The summed E-state index contributed by atoms with van der Waals surface area (Å²) in [5, 5.41) is 2.84. The maximum atomic E-state index is 13.9. The quantitative estimate of drug-likeness (QED) is 0.725. The topological polar surface area (TPSA) is 88.2 Å². The largest absolute Gasteiger partial charge is 0.486 e. The Morgan fingerprint density at radius 3 is 2.45 bits per heavy atom. The fourth-order valence-electron chi connectivity index (χ4n) is 3.59. The lowest BCUT2D eigenvalue weighted by molar-refractivity contribution is -0.116. The molecular weight excluding hydrogens is 425 g/mol. The van der Waals surface area contributed by atoms with Gasteiger partial charge in [-0.2, -0.15) is 4.31 Å². The SMILES string of the molecule is O=C(CCN1CCN(S(=O)(=O)c2ccccc2F)CC1)Nc1ccc2c(c1)OCCO2. The first kappa shape index (κ1) is 21.5. The maximum absolute atomic E-state index is 13.9. The van der Waals surface area contributed by atoms with E-state index in [-0.39, 0.29) is 30.3 Å². The Kier molecular flexibility index (Phi) is 6.40. The second-order valence-corrected chi connectivity index (χ2v) is 9.24. The van der Waals surface area contributed by atoms with Crippen molar-refractivity contribution in [2.75, 3.05) is 51.3 Å². The van der Waals surface area contributed by atoms with E-state index in [0.29, 0.717) is 50.0 Å². The number of nitrogens with zero attached hydrogens (tertiary/aromatic N) is 2. The molecule has 2 aliphatic rings. The molecule has 8 nitrogen and oxygen atoms in total. The number of ether oxygens (including phenoxy) is 2. The highest BCUT2D eigenvalue weighted by molar-refractivity contribution is 7.89. The normalized spacial score (nSPS) is 17.3. The number of amides is 1. The van der Waals surface area contributed by atoms with Crippen LogP contribution in [0.3, 0.4) is 0 Å². The number of benzene rings is 2. The van der Waals surface area contributed by atoms with Crippen molar-refractivity contribution >= 4 is 21.6 Å². The van der Waals surface area contributed by atoms with Crippen LogP contribution in [0.15, 0.2) is 47.4 Å². The van der Waals surface area contributed by atoms with Crippen LogP contribution in [0.5, 0.6) is 11.5 Å². The number of piperazine rings is 1. The third kappa shape index (κ3) is 4.97. The first-order chi connectivity index (χ1) is 14.9. The molecule has 1 saturated heterocycles. The summed E-state index contributed by atoms with van der Waals surface area (Å²) in [7, 11) is -3.87. The summed E-state index contributed by atoms with van der Waals surface area (Å²) in [6, 6.07) is 10.6. The van der Waals surface area contributed by atoms with Gasteiger partial charge in [-0.1, -0.05) is 12.1 Å². The number of carbonyl (C=O) groups excluding carboxylic acids is 1. The molecular formula is C21H24FN3O5S. The number of sulfonamides is 1. The number of nitrogens with one attached hydrogen (secondary N) is 1. The molecule has 0 bridgehead atoms. The van der Waals surface area contributed by atoms with Gasteiger partial charge < -0.3 is 19.7 Å².